The number of nitrogens with one attached hydrogen (secondary N) is 1. The molecule has 0 aliphatic rings. The summed E-state index contributed by atoms with van der Waals surface area (Å²) in [6.45, 7) is 5.93. The molecule has 0 bridgehead atoms. The number of hydrogen-bond acceptors (Lipinski definition) is 4. The van der Waals surface area contributed by atoms with E-state index in [4.69, 9.17) is 14.2 Å². The zero-order valence-corrected chi connectivity index (χ0v) is 10.6. The van der Waals surface area contributed by atoms with Gasteiger partial charge in [-0.25, -0.2) is 0 Å². The van der Waals surface area contributed by atoms with Crippen LogP contribution < -0.4 is 5.32 Å². The molecule has 1 N–H and O–H groups in total. The summed E-state index contributed by atoms with van der Waals surface area (Å²) in [5.74, 6) is 0.454. The number of ether oxygens (including phenoxy) is 3. The highest BCUT2D eigenvalue weighted by molar-refractivity contribution is 4.76. The van der Waals surface area contributed by atoms with Crippen LogP contribution in [0.2, 0.25) is 0 Å². The second-order valence-electron chi connectivity index (χ2n) is 3.68. The highest BCUT2D eigenvalue weighted by Gasteiger charge is 2.25. The zero-order chi connectivity index (χ0) is 11.7. The summed E-state index contributed by atoms with van der Waals surface area (Å²) in [6.07, 6.45) is 0.800. The molecule has 0 rings (SSSR count). The third kappa shape index (κ3) is 5.47. The van der Waals surface area contributed by atoms with Gasteiger partial charge in [-0.05, 0) is 18.9 Å². The minimum absolute atomic E-state index is 0.197. The van der Waals surface area contributed by atoms with Gasteiger partial charge >= 0.3 is 0 Å². The van der Waals surface area contributed by atoms with Gasteiger partial charge in [-0.2, -0.15) is 0 Å². The van der Waals surface area contributed by atoms with Crippen LogP contribution in [0.5, 0.6) is 0 Å². The van der Waals surface area contributed by atoms with Crippen molar-refractivity contribution in [2.24, 2.45) is 5.92 Å². The quantitative estimate of drug-likeness (QED) is 0.593. The Labute approximate surface area is 93.3 Å². The lowest BCUT2D eigenvalue weighted by atomic mass is 9.98. The second-order valence-corrected chi connectivity index (χ2v) is 3.68. The van der Waals surface area contributed by atoms with E-state index in [9.17, 15) is 0 Å². The molecule has 0 aliphatic heterocycles. The molecule has 0 fully saturated rings. The van der Waals surface area contributed by atoms with E-state index in [1.54, 1.807) is 21.3 Å². The molecule has 0 amide bonds. The van der Waals surface area contributed by atoms with Crippen LogP contribution in [0.4, 0.5) is 0 Å². The molecule has 0 aliphatic carbocycles. The van der Waals surface area contributed by atoms with Gasteiger partial charge in [-0.1, -0.05) is 13.8 Å². The molecule has 2 atom stereocenters. The minimum Gasteiger partial charge on any atom is -0.385 e. The van der Waals surface area contributed by atoms with E-state index in [0.29, 0.717) is 5.92 Å². The third-order valence-electron chi connectivity index (χ3n) is 2.59. The van der Waals surface area contributed by atoms with E-state index in [-0.39, 0.29) is 12.3 Å². The maximum atomic E-state index is 5.29. The Kier molecular flexibility index (Phi) is 9.00. The lowest BCUT2D eigenvalue weighted by Gasteiger charge is -2.30. The van der Waals surface area contributed by atoms with Crippen molar-refractivity contribution in [3.05, 3.63) is 0 Å². The smallest absolute Gasteiger partial charge is 0.172 e. The van der Waals surface area contributed by atoms with Crippen LogP contribution in [-0.4, -0.2) is 46.8 Å². The van der Waals surface area contributed by atoms with Crippen molar-refractivity contribution >= 4 is 0 Å². The standard InChI is InChI=1S/C11H25NO3/c1-6-12-10(11(14-4)15-5)9(2)7-8-13-3/h9-12H,6-8H2,1-5H3. The molecule has 0 spiro atoms. The normalized spacial score (nSPS) is 15.6. The molecule has 0 heterocycles. The summed E-state index contributed by atoms with van der Waals surface area (Å²) in [5, 5.41) is 3.39. The van der Waals surface area contributed by atoms with Crippen LogP contribution in [0, 0.1) is 5.92 Å². The van der Waals surface area contributed by atoms with Crippen LogP contribution in [-0.2, 0) is 14.2 Å². The fourth-order valence-corrected chi connectivity index (χ4v) is 1.67. The van der Waals surface area contributed by atoms with Crippen LogP contribution in [0.25, 0.3) is 0 Å². The van der Waals surface area contributed by atoms with Crippen molar-refractivity contribution in [2.45, 2.75) is 32.6 Å². The molecule has 0 saturated carbocycles. The fourth-order valence-electron chi connectivity index (χ4n) is 1.67. The van der Waals surface area contributed by atoms with Crippen molar-refractivity contribution in [1.82, 2.24) is 5.32 Å². The first-order valence-corrected chi connectivity index (χ1v) is 5.49. The average molecular weight is 219 g/mol. The Balaban J connectivity index is 4.20. The molecule has 4 nitrogen and oxygen atoms in total. The van der Waals surface area contributed by atoms with E-state index in [1.807, 2.05) is 0 Å². The minimum atomic E-state index is -0.197. The summed E-state index contributed by atoms with van der Waals surface area (Å²) in [5.41, 5.74) is 0. The van der Waals surface area contributed by atoms with Crippen molar-refractivity contribution in [3.63, 3.8) is 0 Å². The van der Waals surface area contributed by atoms with Crippen LogP contribution in [0.1, 0.15) is 20.3 Å². The van der Waals surface area contributed by atoms with Crippen LogP contribution in [0.15, 0.2) is 0 Å². The van der Waals surface area contributed by atoms with Crippen molar-refractivity contribution < 1.29 is 14.2 Å². The van der Waals surface area contributed by atoms with Crippen molar-refractivity contribution in [3.8, 4) is 0 Å². The van der Waals surface area contributed by atoms with Gasteiger partial charge < -0.3 is 19.5 Å². The molecule has 0 aromatic rings. The lowest BCUT2D eigenvalue weighted by molar-refractivity contribution is -0.132. The monoisotopic (exact) mass is 219 g/mol. The Morgan fingerprint density at radius 1 is 1.13 bits per heavy atom. The first-order valence-electron chi connectivity index (χ1n) is 5.49. The molecular formula is C11H25NO3. The largest absolute Gasteiger partial charge is 0.385 e. The van der Waals surface area contributed by atoms with E-state index >= 15 is 0 Å². The lowest BCUT2D eigenvalue weighted by Crippen LogP contribution is -2.46. The van der Waals surface area contributed by atoms with Gasteiger partial charge in [-0.15, -0.1) is 0 Å². The summed E-state index contributed by atoms with van der Waals surface area (Å²) >= 11 is 0. The van der Waals surface area contributed by atoms with Crippen molar-refractivity contribution in [1.29, 1.82) is 0 Å². The maximum absolute atomic E-state index is 5.29. The van der Waals surface area contributed by atoms with E-state index in [2.05, 4.69) is 19.2 Å². The SMILES string of the molecule is CCNC(C(C)CCOC)C(OC)OC. The van der Waals surface area contributed by atoms with Crippen molar-refractivity contribution in [2.75, 3.05) is 34.5 Å². The van der Waals surface area contributed by atoms with E-state index in [0.717, 1.165) is 19.6 Å². The molecule has 0 aromatic carbocycles. The second kappa shape index (κ2) is 9.09. The number of hydrogen-bond donors (Lipinski definition) is 1. The third-order valence-corrected chi connectivity index (χ3v) is 2.59. The number of methoxy groups -OCH3 is 3. The van der Waals surface area contributed by atoms with Gasteiger partial charge in [0.1, 0.15) is 0 Å². The predicted octanol–water partition coefficient (Wildman–Crippen LogP) is 1.26. The highest BCUT2D eigenvalue weighted by Crippen LogP contribution is 2.14. The number of rotatable bonds is 9. The first kappa shape index (κ1) is 14.8. The first-order chi connectivity index (χ1) is 7.21. The summed E-state index contributed by atoms with van der Waals surface area (Å²) in [4.78, 5) is 0. The Morgan fingerprint density at radius 2 is 1.73 bits per heavy atom. The summed E-state index contributed by atoms with van der Waals surface area (Å²) in [7, 11) is 5.06. The van der Waals surface area contributed by atoms with Crippen LogP contribution in [0.3, 0.4) is 0 Å². The predicted molar refractivity (Wildman–Crippen MR) is 60.9 cm³/mol. The Morgan fingerprint density at radius 3 is 2.13 bits per heavy atom. The molecule has 0 aromatic heterocycles. The Hall–Kier alpha value is -0.160. The van der Waals surface area contributed by atoms with Gasteiger partial charge in [0.2, 0.25) is 0 Å². The molecule has 0 radical (unpaired) electrons. The molecule has 4 heteroatoms. The van der Waals surface area contributed by atoms with E-state index in [1.165, 1.54) is 0 Å². The fraction of sp³-hybridized carbons (Fsp3) is 1.00. The molecule has 92 valence electrons. The van der Waals surface area contributed by atoms with Gasteiger partial charge in [-0.3, -0.25) is 0 Å². The Bertz CT molecular complexity index is 140. The summed E-state index contributed by atoms with van der Waals surface area (Å²) < 4.78 is 15.7. The molecule has 2 unspecified atom stereocenters. The van der Waals surface area contributed by atoms with E-state index < -0.39 is 0 Å². The van der Waals surface area contributed by atoms with Crippen LogP contribution >= 0.6 is 0 Å². The van der Waals surface area contributed by atoms with Gasteiger partial charge in [0.05, 0.1) is 6.04 Å². The molecule has 0 saturated heterocycles. The molecule has 15 heavy (non-hydrogen) atoms. The van der Waals surface area contributed by atoms with Gasteiger partial charge in [0.25, 0.3) is 0 Å². The van der Waals surface area contributed by atoms with Gasteiger partial charge in [0, 0.05) is 27.9 Å². The summed E-state index contributed by atoms with van der Waals surface area (Å²) in [6, 6.07) is 0.208. The molecular weight excluding hydrogens is 194 g/mol. The maximum Gasteiger partial charge on any atom is 0.172 e. The van der Waals surface area contributed by atoms with Gasteiger partial charge in [0.15, 0.2) is 6.29 Å². The average Bonchev–Trinajstić information content (AvgIpc) is 2.26. The number of likely N-dealkylation sites (N-methyl/N-ethyl adjacent to an activating group) is 1. The zero-order valence-electron chi connectivity index (χ0n) is 10.6. The highest BCUT2D eigenvalue weighted by atomic mass is 16.7. The topological polar surface area (TPSA) is 39.7 Å².